The Hall–Kier alpha value is -2.54. The lowest BCUT2D eigenvalue weighted by molar-refractivity contribution is 1.02. The van der Waals surface area contributed by atoms with Gasteiger partial charge in [-0.2, -0.15) is 5.26 Å². The summed E-state index contributed by atoms with van der Waals surface area (Å²) in [6.45, 7) is 2.54. The summed E-state index contributed by atoms with van der Waals surface area (Å²) in [5.41, 5.74) is 9.53. The normalized spacial score (nSPS) is 9.78. The lowest BCUT2D eigenvalue weighted by Gasteiger charge is -2.10. The number of nitriles is 1. The Bertz CT molecular complexity index is 599. The van der Waals surface area contributed by atoms with Gasteiger partial charge in [-0.3, -0.25) is 4.98 Å². The number of para-hydroxylation sites is 1. The van der Waals surface area contributed by atoms with Crippen LogP contribution in [0, 0.1) is 18.3 Å². The van der Waals surface area contributed by atoms with Crippen LogP contribution in [0.3, 0.4) is 0 Å². The zero-order valence-corrected chi connectivity index (χ0v) is 10.1. The number of nitrogen functional groups attached to an aromatic ring is 1. The Kier molecular flexibility index (Phi) is 3.44. The molecule has 0 bridgehead atoms. The molecule has 0 amide bonds. The van der Waals surface area contributed by atoms with Gasteiger partial charge < -0.3 is 11.1 Å². The van der Waals surface area contributed by atoms with Crippen molar-refractivity contribution in [3.63, 3.8) is 0 Å². The zero-order chi connectivity index (χ0) is 13.0. The number of aromatic nitrogens is 1. The van der Waals surface area contributed by atoms with Gasteiger partial charge >= 0.3 is 0 Å². The molecule has 0 aliphatic carbocycles. The molecule has 1 heterocycles. The molecule has 1 aromatic heterocycles. The van der Waals surface area contributed by atoms with Crippen LogP contribution >= 0.6 is 0 Å². The van der Waals surface area contributed by atoms with E-state index in [2.05, 4.69) is 16.4 Å². The molecule has 2 aromatic rings. The first-order valence-electron chi connectivity index (χ1n) is 5.65. The molecule has 0 unspecified atom stereocenters. The van der Waals surface area contributed by atoms with Crippen LogP contribution in [0.15, 0.2) is 36.4 Å². The van der Waals surface area contributed by atoms with Crippen molar-refractivity contribution in [1.29, 1.82) is 5.26 Å². The summed E-state index contributed by atoms with van der Waals surface area (Å²) in [6.07, 6.45) is 0. The maximum atomic E-state index is 8.89. The van der Waals surface area contributed by atoms with Crippen molar-refractivity contribution in [2.24, 2.45) is 0 Å². The average Bonchev–Trinajstić information content (AvgIpc) is 2.38. The molecule has 18 heavy (non-hydrogen) atoms. The number of rotatable bonds is 3. The Morgan fingerprint density at radius 1 is 1.28 bits per heavy atom. The molecule has 2 rings (SSSR count). The monoisotopic (exact) mass is 238 g/mol. The highest BCUT2D eigenvalue weighted by Crippen LogP contribution is 2.22. The van der Waals surface area contributed by atoms with Crippen LogP contribution in [-0.2, 0) is 6.54 Å². The third-order valence-electron chi connectivity index (χ3n) is 2.63. The molecule has 3 N–H and O–H groups in total. The van der Waals surface area contributed by atoms with Gasteiger partial charge in [-0.1, -0.05) is 12.1 Å². The van der Waals surface area contributed by atoms with Crippen LogP contribution in [0.1, 0.15) is 17.0 Å². The van der Waals surface area contributed by atoms with Gasteiger partial charge in [0.1, 0.15) is 6.07 Å². The zero-order valence-electron chi connectivity index (χ0n) is 10.1. The number of hydrogen-bond donors (Lipinski definition) is 2. The predicted octanol–water partition coefficient (Wildman–Crippen LogP) is 2.46. The largest absolute Gasteiger partial charge is 0.396 e. The molecule has 0 radical (unpaired) electrons. The third kappa shape index (κ3) is 2.58. The van der Waals surface area contributed by atoms with Crippen molar-refractivity contribution in [2.75, 3.05) is 11.1 Å². The fraction of sp³-hybridized carbons (Fsp3) is 0.143. The van der Waals surface area contributed by atoms with E-state index in [1.807, 2.05) is 31.2 Å². The summed E-state index contributed by atoms with van der Waals surface area (Å²) in [6, 6.07) is 13.3. The molecule has 0 saturated heterocycles. The molecule has 0 spiro atoms. The van der Waals surface area contributed by atoms with Gasteiger partial charge in [0.25, 0.3) is 0 Å². The molecular weight excluding hydrogens is 224 g/mol. The summed E-state index contributed by atoms with van der Waals surface area (Å²) in [7, 11) is 0. The smallest absolute Gasteiger partial charge is 0.101 e. The summed E-state index contributed by atoms with van der Waals surface area (Å²) >= 11 is 0. The van der Waals surface area contributed by atoms with Crippen molar-refractivity contribution in [1.82, 2.24) is 4.98 Å². The van der Waals surface area contributed by atoms with Crippen LogP contribution in [0.2, 0.25) is 0 Å². The van der Waals surface area contributed by atoms with Crippen LogP contribution in [0.4, 0.5) is 11.4 Å². The first kappa shape index (κ1) is 11.9. The number of nitrogens with two attached hydrogens (primary N) is 1. The Labute approximate surface area is 106 Å². The van der Waals surface area contributed by atoms with Crippen molar-refractivity contribution in [3.8, 4) is 6.07 Å². The molecular formula is C14H14N4. The second kappa shape index (κ2) is 5.19. The molecule has 4 heteroatoms. The molecule has 1 aromatic carbocycles. The number of benzene rings is 1. The van der Waals surface area contributed by atoms with E-state index >= 15 is 0 Å². The minimum Gasteiger partial charge on any atom is -0.396 e. The second-order valence-electron chi connectivity index (χ2n) is 4.00. The highest BCUT2D eigenvalue weighted by Gasteiger charge is 2.04. The van der Waals surface area contributed by atoms with Gasteiger partial charge in [-0.05, 0) is 31.2 Å². The standard InChI is InChI=1S/C14H14N4/c1-10-4-2-6-12(18-10)9-17-13-7-3-5-11(8-15)14(13)16/h2-7,17H,9,16H2,1H3. The summed E-state index contributed by atoms with van der Waals surface area (Å²) in [5, 5.41) is 12.1. The van der Waals surface area contributed by atoms with Gasteiger partial charge in [0.2, 0.25) is 0 Å². The number of hydrogen-bond acceptors (Lipinski definition) is 4. The van der Waals surface area contributed by atoms with Crippen LogP contribution in [0.25, 0.3) is 0 Å². The molecule has 90 valence electrons. The van der Waals surface area contributed by atoms with E-state index in [1.165, 1.54) is 0 Å². The number of nitrogens with one attached hydrogen (secondary N) is 1. The second-order valence-corrected chi connectivity index (χ2v) is 4.00. The average molecular weight is 238 g/mol. The Balaban J connectivity index is 2.14. The van der Waals surface area contributed by atoms with E-state index in [9.17, 15) is 0 Å². The lowest BCUT2D eigenvalue weighted by Crippen LogP contribution is -2.05. The minimum atomic E-state index is 0.479. The van der Waals surface area contributed by atoms with Gasteiger partial charge in [-0.15, -0.1) is 0 Å². The van der Waals surface area contributed by atoms with Gasteiger partial charge in [0, 0.05) is 5.69 Å². The van der Waals surface area contributed by atoms with E-state index in [1.54, 1.807) is 12.1 Å². The summed E-state index contributed by atoms with van der Waals surface area (Å²) < 4.78 is 0. The first-order valence-corrected chi connectivity index (χ1v) is 5.65. The molecule has 0 aliphatic rings. The Morgan fingerprint density at radius 2 is 2.06 bits per heavy atom. The fourth-order valence-corrected chi connectivity index (χ4v) is 1.70. The van der Waals surface area contributed by atoms with Crippen LogP contribution < -0.4 is 11.1 Å². The molecule has 0 saturated carbocycles. The predicted molar refractivity (Wildman–Crippen MR) is 71.9 cm³/mol. The van der Waals surface area contributed by atoms with E-state index < -0.39 is 0 Å². The number of anilines is 2. The van der Waals surface area contributed by atoms with E-state index in [0.29, 0.717) is 17.8 Å². The van der Waals surface area contributed by atoms with Crippen molar-refractivity contribution in [3.05, 3.63) is 53.3 Å². The van der Waals surface area contributed by atoms with Crippen LogP contribution in [0.5, 0.6) is 0 Å². The molecule has 4 nitrogen and oxygen atoms in total. The maximum Gasteiger partial charge on any atom is 0.101 e. The third-order valence-corrected chi connectivity index (χ3v) is 2.63. The fourth-order valence-electron chi connectivity index (χ4n) is 1.70. The quantitative estimate of drug-likeness (QED) is 0.805. The van der Waals surface area contributed by atoms with Crippen molar-refractivity contribution in [2.45, 2.75) is 13.5 Å². The lowest BCUT2D eigenvalue weighted by atomic mass is 10.1. The summed E-state index contributed by atoms with van der Waals surface area (Å²) in [5.74, 6) is 0. The maximum absolute atomic E-state index is 8.89. The van der Waals surface area contributed by atoms with E-state index in [0.717, 1.165) is 17.1 Å². The van der Waals surface area contributed by atoms with Gasteiger partial charge in [0.05, 0.1) is 29.2 Å². The summed E-state index contributed by atoms with van der Waals surface area (Å²) in [4.78, 5) is 4.39. The van der Waals surface area contributed by atoms with Gasteiger partial charge in [0.15, 0.2) is 0 Å². The SMILES string of the molecule is Cc1cccc(CNc2cccc(C#N)c2N)n1. The van der Waals surface area contributed by atoms with Crippen LogP contribution in [-0.4, -0.2) is 4.98 Å². The van der Waals surface area contributed by atoms with Crippen molar-refractivity contribution >= 4 is 11.4 Å². The Morgan fingerprint density at radius 3 is 2.78 bits per heavy atom. The van der Waals surface area contributed by atoms with E-state index in [-0.39, 0.29) is 0 Å². The number of aryl methyl sites for hydroxylation is 1. The molecule has 0 fully saturated rings. The van der Waals surface area contributed by atoms with Gasteiger partial charge in [-0.25, -0.2) is 0 Å². The van der Waals surface area contributed by atoms with Crippen molar-refractivity contribution < 1.29 is 0 Å². The van der Waals surface area contributed by atoms with E-state index in [4.69, 9.17) is 11.0 Å². The first-order chi connectivity index (χ1) is 8.70. The topological polar surface area (TPSA) is 74.7 Å². The molecule has 0 aliphatic heterocycles. The minimum absolute atomic E-state index is 0.479. The number of pyridine rings is 1. The molecule has 0 atom stereocenters. The number of nitrogens with zero attached hydrogens (tertiary/aromatic N) is 2. The highest BCUT2D eigenvalue weighted by molar-refractivity contribution is 5.72. The highest BCUT2D eigenvalue weighted by atomic mass is 14.9.